The normalized spacial score (nSPS) is 12.2. The fraction of sp³-hybridized carbons (Fsp3) is 0.300. The minimum Gasteiger partial charge on any atom is -0.343 e. The summed E-state index contributed by atoms with van der Waals surface area (Å²) in [5.41, 5.74) is -0.988. The van der Waals surface area contributed by atoms with Crippen LogP contribution in [0.4, 0.5) is 32.0 Å². The first kappa shape index (κ1) is 16.1. The van der Waals surface area contributed by atoms with Crippen LogP contribution in [0.25, 0.3) is 0 Å². The van der Waals surface area contributed by atoms with Crippen molar-refractivity contribution in [1.29, 1.82) is 0 Å². The van der Waals surface area contributed by atoms with E-state index in [0.717, 1.165) is 12.1 Å². The van der Waals surface area contributed by atoms with Crippen LogP contribution < -0.4 is 16.6 Å². The molecule has 0 aliphatic rings. The van der Waals surface area contributed by atoms with Crippen molar-refractivity contribution in [3.8, 4) is 0 Å². The van der Waals surface area contributed by atoms with Gasteiger partial charge in [-0.1, -0.05) is 6.07 Å². The molecule has 0 radical (unpaired) electrons. The van der Waals surface area contributed by atoms with Crippen LogP contribution in [-0.4, -0.2) is 18.6 Å². The average Bonchev–Trinajstić information content (AvgIpc) is 2.32. The van der Waals surface area contributed by atoms with E-state index in [2.05, 4.69) is 0 Å². The molecule has 0 bridgehead atoms. The molecule has 4 N–H and O–H groups in total. The topological polar surface area (TPSA) is 67.1 Å². The number of benzene rings is 1. The molecule has 0 unspecified atom stereocenters. The Balaban J connectivity index is 3.10. The Kier molecular flexibility index (Phi) is 4.48. The third kappa shape index (κ3) is 4.02. The molecule has 0 aliphatic carbocycles. The number of nitrogen functional groups attached to an aromatic ring is 1. The van der Waals surface area contributed by atoms with Crippen molar-refractivity contribution in [2.24, 2.45) is 5.84 Å². The van der Waals surface area contributed by atoms with E-state index < -0.39 is 41.6 Å². The Morgan fingerprint density at radius 2 is 1.75 bits per heavy atom. The molecule has 4 nitrogen and oxygen atoms in total. The lowest BCUT2D eigenvalue weighted by Crippen LogP contribution is -2.34. The number of carbonyl (C=O) groups is 1. The molecular formula is C10H9F6N3O. The molecular weight excluding hydrogens is 292 g/mol. The van der Waals surface area contributed by atoms with Gasteiger partial charge in [-0.15, -0.1) is 0 Å². The highest BCUT2D eigenvalue weighted by molar-refractivity contribution is 6.00. The second-order valence-corrected chi connectivity index (χ2v) is 3.67. The maximum Gasteiger partial charge on any atom is 0.418 e. The third-order valence-corrected chi connectivity index (χ3v) is 2.21. The Bertz CT molecular complexity index is 497. The van der Waals surface area contributed by atoms with Gasteiger partial charge in [-0.05, 0) is 12.1 Å². The molecule has 0 aliphatic heterocycles. The van der Waals surface area contributed by atoms with Crippen molar-refractivity contribution in [1.82, 2.24) is 5.32 Å². The van der Waals surface area contributed by atoms with E-state index in [0.29, 0.717) is 6.07 Å². The van der Waals surface area contributed by atoms with E-state index in [1.165, 1.54) is 5.32 Å². The number of rotatable bonds is 3. The summed E-state index contributed by atoms with van der Waals surface area (Å²) in [7, 11) is 0. The van der Waals surface area contributed by atoms with Gasteiger partial charge in [0.2, 0.25) is 0 Å². The number of hydrazine groups is 1. The molecule has 0 spiro atoms. The summed E-state index contributed by atoms with van der Waals surface area (Å²) < 4.78 is 73.8. The fourth-order valence-corrected chi connectivity index (χ4v) is 1.41. The molecule has 0 atom stereocenters. The van der Waals surface area contributed by atoms with Crippen LogP contribution in [-0.2, 0) is 6.18 Å². The summed E-state index contributed by atoms with van der Waals surface area (Å²) in [6.45, 7) is -1.66. The summed E-state index contributed by atoms with van der Waals surface area (Å²) >= 11 is 0. The second kappa shape index (κ2) is 5.57. The van der Waals surface area contributed by atoms with Gasteiger partial charge >= 0.3 is 12.4 Å². The molecule has 1 aromatic rings. The number of nitrogens with one attached hydrogen (secondary N) is 2. The quantitative estimate of drug-likeness (QED) is 0.456. The molecule has 0 saturated heterocycles. The van der Waals surface area contributed by atoms with Crippen molar-refractivity contribution >= 4 is 11.6 Å². The summed E-state index contributed by atoms with van der Waals surface area (Å²) in [4.78, 5) is 11.5. The summed E-state index contributed by atoms with van der Waals surface area (Å²) in [5.74, 6) is 3.60. The highest BCUT2D eigenvalue weighted by Gasteiger charge is 2.35. The highest BCUT2D eigenvalue weighted by Crippen LogP contribution is 2.36. The van der Waals surface area contributed by atoms with Crippen LogP contribution >= 0.6 is 0 Å². The van der Waals surface area contributed by atoms with Crippen LogP contribution in [0.5, 0.6) is 0 Å². The maximum absolute atomic E-state index is 12.6. The smallest absolute Gasteiger partial charge is 0.343 e. The van der Waals surface area contributed by atoms with Crippen molar-refractivity contribution in [3.63, 3.8) is 0 Å². The van der Waals surface area contributed by atoms with Gasteiger partial charge < -0.3 is 10.7 Å². The van der Waals surface area contributed by atoms with Gasteiger partial charge in [-0.25, -0.2) is 0 Å². The molecule has 1 rings (SSSR count). The van der Waals surface area contributed by atoms with Gasteiger partial charge in [0.15, 0.2) is 0 Å². The minimum absolute atomic E-state index is 0.633. The van der Waals surface area contributed by atoms with Gasteiger partial charge in [0.1, 0.15) is 6.54 Å². The maximum atomic E-state index is 12.6. The number of halogens is 6. The first-order valence-electron chi connectivity index (χ1n) is 5.08. The van der Waals surface area contributed by atoms with E-state index in [1.807, 2.05) is 0 Å². The molecule has 0 heterocycles. The van der Waals surface area contributed by atoms with Gasteiger partial charge in [0, 0.05) is 0 Å². The molecule has 112 valence electrons. The fourth-order valence-electron chi connectivity index (χ4n) is 1.41. The Morgan fingerprint density at radius 1 is 1.15 bits per heavy atom. The summed E-state index contributed by atoms with van der Waals surface area (Å²) in [5, 5.41) is 1.47. The van der Waals surface area contributed by atoms with E-state index in [4.69, 9.17) is 5.84 Å². The van der Waals surface area contributed by atoms with Gasteiger partial charge in [-0.2, -0.15) is 26.3 Å². The van der Waals surface area contributed by atoms with Crippen molar-refractivity contribution in [3.05, 3.63) is 29.3 Å². The Labute approximate surface area is 108 Å². The molecule has 0 aromatic heterocycles. The zero-order valence-corrected chi connectivity index (χ0v) is 9.69. The minimum atomic E-state index is -4.80. The SMILES string of the molecule is NNc1c(C(=O)NCC(F)(F)F)cccc1C(F)(F)F. The number of nitrogens with two attached hydrogens (primary N) is 1. The molecule has 10 heteroatoms. The zero-order valence-electron chi connectivity index (χ0n) is 9.69. The molecule has 20 heavy (non-hydrogen) atoms. The molecule has 1 aromatic carbocycles. The largest absolute Gasteiger partial charge is 0.418 e. The lowest BCUT2D eigenvalue weighted by molar-refractivity contribution is -0.137. The van der Waals surface area contributed by atoms with E-state index in [1.54, 1.807) is 5.43 Å². The lowest BCUT2D eigenvalue weighted by atomic mass is 10.1. The number of amides is 1. The highest BCUT2D eigenvalue weighted by atomic mass is 19.4. The number of para-hydroxylation sites is 1. The first-order valence-corrected chi connectivity index (χ1v) is 5.08. The number of hydrogen-bond donors (Lipinski definition) is 3. The predicted octanol–water partition coefficient (Wildman–Crippen LogP) is 2.28. The van der Waals surface area contributed by atoms with Crippen molar-refractivity contribution in [2.75, 3.05) is 12.0 Å². The van der Waals surface area contributed by atoms with Gasteiger partial charge in [0.25, 0.3) is 5.91 Å². The van der Waals surface area contributed by atoms with Gasteiger partial charge in [-0.3, -0.25) is 10.6 Å². The molecule has 0 saturated carbocycles. The Morgan fingerprint density at radius 3 is 2.20 bits per heavy atom. The summed E-state index contributed by atoms with van der Waals surface area (Å²) in [6.07, 6.45) is -9.48. The lowest BCUT2D eigenvalue weighted by Gasteiger charge is -2.16. The van der Waals surface area contributed by atoms with Crippen LogP contribution in [0.2, 0.25) is 0 Å². The van der Waals surface area contributed by atoms with Crippen molar-refractivity contribution in [2.45, 2.75) is 12.4 Å². The van der Waals surface area contributed by atoms with E-state index in [-0.39, 0.29) is 0 Å². The van der Waals surface area contributed by atoms with Crippen molar-refractivity contribution < 1.29 is 31.1 Å². The van der Waals surface area contributed by atoms with E-state index in [9.17, 15) is 31.1 Å². The van der Waals surface area contributed by atoms with Crippen LogP contribution in [0, 0.1) is 0 Å². The number of carbonyl (C=O) groups excluding carboxylic acids is 1. The van der Waals surface area contributed by atoms with E-state index >= 15 is 0 Å². The van der Waals surface area contributed by atoms with Crippen LogP contribution in [0.1, 0.15) is 15.9 Å². The van der Waals surface area contributed by atoms with Crippen LogP contribution in [0.15, 0.2) is 18.2 Å². The number of anilines is 1. The summed E-state index contributed by atoms with van der Waals surface area (Å²) in [6, 6.07) is 2.47. The zero-order chi connectivity index (χ0) is 15.6. The number of hydrogen-bond acceptors (Lipinski definition) is 3. The first-order chi connectivity index (χ1) is 9.06. The second-order valence-electron chi connectivity index (χ2n) is 3.67. The Hall–Kier alpha value is -1.97. The molecule has 0 fully saturated rings. The monoisotopic (exact) mass is 301 g/mol. The predicted molar refractivity (Wildman–Crippen MR) is 57.6 cm³/mol. The molecule has 1 amide bonds. The van der Waals surface area contributed by atoms with Crippen LogP contribution in [0.3, 0.4) is 0 Å². The average molecular weight is 301 g/mol. The van der Waals surface area contributed by atoms with Gasteiger partial charge in [0.05, 0.1) is 16.8 Å². The number of alkyl halides is 6. The standard InChI is InChI=1S/C10H9F6N3O/c11-9(12,13)4-18-8(20)5-2-1-3-6(7(5)19-17)10(14,15)16/h1-3,19H,4,17H2,(H,18,20). The third-order valence-electron chi connectivity index (χ3n) is 2.21.